The molecular weight excluding hydrogens is 549 g/mol. The standard InChI is InChI=1S/C28H20F5N5O3/c1-27(26(39)40,38-13-22-21(12-34-38)35-25(36-22)17-6-3-7-19(29)24(17)30)23-11-20(37-41-23)16-9-8-15(14-4-2-5-14)10-18(16)28(31,32)33/h3,6-14H,2,4-5H2,1H3,(H,39,40). The highest BCUT2D eigenvalue weighted by Crippen LogP contribution is 2.43. The second kappa shape index (κ2) is 9.46. The van der Waals surface area contributed by atoms with E-state index in [-0.39, 0.29) is 45.7 Å². The monoisotopic (exact) mass is 569 g/mol. The molecule has 2 aromatic carbocycles. The molecule has 3 heterocycles. The quantitative estimate of drug-likeness (QED) is 0.232. The molecule has 0 radical (unpaired) electrons. The molecule has 1 aromatic heterocycles. The highest BCUT2D eigenvalue weighted by molar-refractivity contribution is 5.81. The van der Waals surface area contributed by atoms with Crippen molar-refractivity contribution in [1.82, 2.24) is 24.9 Å². The molecule has 1 aliphatic carbocycles. The Kier molecular flexibility index (Phi) is 6.12. The smallest absolute Gasteiger partial charge is 0.417 e. The summed E-state index contributed by atoms with van der Waals surface area (Å²) in [4.78, 5) is 20.9. The summed E-state index contributed by atoms with van der Waals surface area (Å²) in [6.45, 7) is 1.23. The third-order valence-electron chi connectivity index (χ3n) is 7.52. The van der Waals surface area contributed by atoms with E-state index in [1.807, 2.05) is 0 Å². The molecular formula is C28H20F5N5O3. The van der Waals surface area contributed by atoms with Crippen molar-refractivity contribution in [2.75, 3.05) is 0 Å². The van der Waals surface area contributed by atoms with Crippen LogP contribution in [0.2, 0.25) is 0 Å². The van der Waals surface area contributed by atoms with Crippen LogP contribution in [0.3, 0.4) is 0 Å². The fourth-order valence-electron chi connectivity index (χ4n) is 4.83. The SMILES string of the molecule is CC(C(=O)O)(c1cc(-c2ccc(C3CCC3)cc2C(F)(F)F)no1)n1cc2nc(-c3cccc(F)c3F)nc-2cn1. The zero-order valence-electron chi connectivity index (χ0n) is 21.3. The number of carbonyl (C=O) groups is 1. The third kappa shape index (κ3) is 4.41. The predicted octanol–water partition coefficient (Wildman–Crippen LogP) is 6.51. The Bertz CT molecular complexity index is 1760. The highest BCUT2D eigenvalue weighted by Gasteiger charge is 2.44. The molecule has 1 unspecified atom stereocenters. The van der Waals surface area contributed by atoms with Crippen molar-refractivity contribution in [1.29, 1.82) is 0 Å². The molecule has 41 heavy (non-hydrogen) atoms. The van der Waals surface area contributed by atoms with Gasteiger partial charge in [0.1, 0.15) is 17.1 Å². The van der Waals surface area contributed by atoms with Gasteiger partial charge in [0.05, 0.1) is 23.5 Å². The van der Waals surface area contributed by atoms with Crippen LogP contribution in [0.4, 0.5) is 22.0 Å². The number of fused-ring (bicyclic) bond motifs is 1. The van der Waals surface area contributed by atoms with Crippen molar-refractivity contribution in [3.05, 3.63) is 83.4 Å². The summed E-state index contributed by atoms with van der Waals surface area (Å²) in [7, 11) is 0. The van der Waals surface area contributed by atoms with Crippen LogP contribution in [-0.2, 0) is 16.5 Å². The first-order valence-corrected chi connectivity index (χ1v) is 12.6. The molecule has 8 nitrogen and oxygen atoms in total. The molecule has 3 aliphatic rings. The third-order valence-corrected chi connectivity index (χ3v) is 7.52. The lowest BCUT2D eigenvalue weighted by atomic mass is 9.79. The lowest BCUT2D eigenvalue weighted by Crippen LogP contribution is -2.41. The summed E-state index contributed by atoms with van der Waals surface area (Å²) in [5, 5.41) is 18.1. The largest absolute Gasteiger partial charge is 0.479 e. The Morgan fingerprint density at radius 1 is 1.02 bits per heavy atom. The maximum absolute atomic E-state index is 14.3. The fourth-order valence-corrected chi connectivity index (χ4v) is 4.83. The molecule has 0 amide bonds. The van der Waals surface area contributed by atoms with Crippen molar-refractivity contribution >= 4 is 5.97 Å². The number of aromatic nitrogens is 5. The first-order valence-electron chi connectivity index (χ1n) is 12.6. The number of carboxylic acids is 1. The Hall–Kier alpha value is -4.68. The van der Waals surface area contributed by atoms with Crippen molar-refractivity contribution in [3.8, 4) is 34.0 Å². The lowest BCUT2D eigenvalue weighted by Gasteiger charge is -2.27. The minimum Gasteiger partial charge on any atom is -0.479 e. The van der Waals surface area contributed by atoms with E-state index in [0.29, 0.717) is 5.56 Å². The van der Waals surface area contributed by atoms with Crippen molar-refractivity contribution < 1.29 is 36.4 Å². The average molecular weight is 569 g/mol. The number of benzene rings is 2. The molecule has 210 valence electrons. The molecule has 1 fully saturated rings. The Morgan fingerprint density at radius 2 is 1.78 bits per heavy atom. The van der Waals surface area contributed by atoms with Crippen LogP contribution in [0.25, 0.3) is 34.0 Å². The van der Waals surface area contributed by atoms with E-state index in [1.54, 1.807) is 6.07 Å². The first-order chi connectivity index (χ1) is 19.5. The number of nitrogens with zero attached hydrogens (tertiary/aromatic N) is 5. The predicted molar refractivity (Wildman–Crippen MR) is 134 cm³/mol. The topological polar surface area (TPSA) is 107 Å². The molecule has 6 rings (SSSR count). The van der Waals surface area contributed by atoms with Crippen LogP contribution in [-0.4, -0.2) is 36.0 Å². The summed E-state index contributed by atoms with van der Waals surface area (Å²) >= 11 is 0. The van der Waals surface area contributed by atoms with Crippen molar-refractivity contribution in [3.63, 3.8) is 0 Å². The maximum Gasteiger partial charge on any atom is 0.417 e. The van der Waals surface area contributed by atoms with Crippen LogP contribution in [0, 0.1) is 11.6 Å². The number of alkyl halides is 3. The van der Waals surface area contributed by atoms with Gasteiger partial charge in [-0.2, -0.15) is 18.3 Å². The van der Waals surface area contributed by atoms with Crippen molar-refractivity contribution in [2.45, 2.75) is 43.8 Å². The summed E-state index contributed by atoms with van der Waals surface area (Å²) in [6.07, 6.45) is 0.327. The van der Waals surface area contributed by atoms with E-state index in [2.05, 4.69) is 20.2 Å². The Labute approximate surface area is 228 Å². The summed E-state index contributed by atoms with van der Waals surface area (Å²) in [5.74, 6) is -4.06. The summed E-state index contributed by atoms with van der Waals surface area (Å²) < 4.78 is 76.4. The number of imidazole rings is 1. The van der Waals surface area contributed by atoms with Gasteiger partial charge in [-0.1, -0.05) is 29.8 Å². The lowest BCUT2D eigenvalue weighted by molar-refractivity contribution is -0.146. The van der Waals surface area contributed by atoms with E-state index < -0.39 is 34.9 Å². The van der Waals surface area contributed by atoms with Gasteiger partial charge in [-0.15, -0.1) is 0 Å². The number of hydrogen-bond donors (Lipinski definition) is 1. The minimum absolute atomic E-state index is 0.0722. The van der Waals surface area contributed by atoms with E-state index in [4.69, 9.17) is 4.52 Å². The second-order valence-electron chi connectivity index (χ2n) is 10.0. The van der Waals surface area contributed by atoms with Gasteiger partial charge in [-0.25, -0.2) is 28.2 Å². The van der Waals surface area contributed by atoms with Crippen molar-refractivity contribution in [2.24, 2.45) is 0 Å². The van der Waals surface area contributed by atoms with Gasteiger partial charge >= 0.3 is 12.1 Å². The Morgan fingerprint density at radius 3 is 2.46 bits per heavy atom. The van der Waals surface area contributed by atoms with Gasteiger partial charge in [0.25, 0.3) is 0 Å². The van der Waals surface area contributed by atoms with Gasteiger partial charge < -0.3 is 9.63 Å². The molecule has 1 N–H and O–H groups in total. The summed E-state index contributed by atoms with van der Waals surface area (Å²) in [6, 6.07) is 8.71. The molecule has 1 saturated carbocycles. The van der Waals surface area contributed by atoms with Gasteiger partial charge in [0, 0.05) is 11.6 Å². The van der Waals surface area contributed by atoms with E-state index in [9.17, 15) is 31.9 Å². The molecule has 1 atom stereocenters. The number of halogens is 5. The highest BCUT2D eigenvalue weighted by atomic mass is 19.4. The van der Waals surface area contributed by atoms with Crippen LogP contribution in [0.1, 0.15) is 49.0 Å². The Balaban J connectivity index is 1.40. The molecule has 3 aromatic rings. The molecule has 0 saturated heterocycles. The van der Waals surface area contributed by atoms with Gasteiger partial charge in [-0.3, -0.25) is 0 Å². The molecule has 13 heteroatoms. The van der Waals surface area contributed by atoms with Gasteiger partial charge in [0.15, 0.2) is 23.2 Å². The fraction of sp³-hybridized carbons (Fsp3) is 0.250. The second-order valence-corrected chi connectivity index (χ2v) is 10.0. The van der Waals surface area contributed by atoms with E-state index in [0.717, 1.165) is 42.1 Å². The number of carboxylic acid groups (broad SMARTS) is 1. The van der Waals surface area contributed by atoms with Crippen LogP contribution in [0.15, 0.2) is 59.4 Å². The maximum atomic E-state index is 14.3. The van der Waals surface area contributed by atoms with Gasteiger partial charge in [-0.05, 0) is 49.4 Å². The molecule has 2 aliphatic heterocycles. The summed E-state index contributed by atoms with van der Waals surface area (Å²) in [5.41, 5.74) is -2.74. The van der Waals surface area contributed by atoms with E-state index >= 15 is 0 Å². The minimum atomic E-state index is -4.68. The zero-order chi connectivity index (χ0) is 29.1. The van der Waals surface area contributed by atoms with E-state index in [1.165, 1.54) is 37.5 Å². The van der Waals surface area contributed by atoms with Gasteiger partial charge in [0.2, 0.25) is 5.54 Å². The molecule has 0 spiro atoms. The van der Waals surface area contributed by atoms with Crippen LogP contribution < -0.4 is 0 Å². The normalized spacial score (nSPS) is 15.6. The van der Waals surface area contributed by atoms with Crippen LogP contribution >= 0.6 is 0 Å². The van der Waals surface area contributed by atoms with Crippen LogP contribution in [0.5, 0.6) is 0 Å². The number of hydrogen-bond acceptors (Lipinski definition) is 6. The number of aliphatic carboxylic acids is 1. The number of rotatable bonds is 6. The molecule has 0 bridgehead atoms. The zero-order valence-corrected chi connectivity index (χ0v) is 21.3. The first kappa shape index (κ1) is 26.5. The average Bonchev–Trinajstić information content (AvgIpc) is 3.55.